The van der Waals surface area contributed by atoms with Gasteiger partial charge in [-0.15, -0.1) is 0 Å². The quantitative estimate of drug-likeness (QED) is 0.0261. The number of hydrogen-bond acceptors (Lipinski definition) is 6. The topological polar surface area (TPSA) is 78.9 Å². The summed E-state index contributed by atoms with van der Waals surface area (Å²) in [5, 5.41) is 0. The first-order chi connectivity index (χ1) is 37.0. The molecule has 0 radical (unpaired) electrons. The van der Waals surface area contributed by atoms with Crippen LogP contribution in [0.3, 0.4) is 0 Å². The molecule has 0 saturated heterocycles. The minimum Gasteiger partial charge on any atom is -0.462 e. The van der Waals surface area contributed by atoms with Crippen LogP contribution in [0.1, 0.15) is 290 Å². The Kier molecular flexibility index (Phi) is 59.3. The van der Waals surface area contributed by atoms with E-state index < -0.39 is 6.10 Å². The minimum atomic E-state index is -0.814. The summed E-state index contributed by atoms with van der Waals surface area (Å²) in [6, 6.07) is 0. The first-order valence-electron chi connectivity index (χ1n) is 31.4. The maximum Gasteiger partial charge on any atom is 0.306 e. The fraction of sp³-hybridized carbons (Fsp3) is 0.696. The standard InChI is InChI=1S/C69H116O6/c1-4-7-10-13-16-19-22-25-27-29-30-31-32-33-34-35-36-37-38-40-41-44-47-50-53-56-59-62-68(71)74-65-66(64-73-67(70)61-58-55-52-49-46-43-24-21-18-15-12-9-6-3)75-69(72)63-60-57-54-51-48-45-42-39-28-26-23-20-17-14-11-8-5-2/h9,12,17-18,20-22,25-26,28-30,32-33,43,46,52,55,66H,4-8,10-11,13-16,19,23-24,27,31,34-42,44-45,47-51,53-54,56-65H2,1-3H3/b12-9-,20-17-,21-18-,25-22-,28-26-,30-29-,33-32-,46-43-,55-52-. The van der Waals surface area contributed by atoms with Crippen molar-refractivity contribution in [1.82, 2.24) is 0 Å². The number of carbonyl (C=O) groups is 3. The number of unbranched alkanes of at least 4 members (excludes halogenated alkanes) is 27. The van der Waals surface area contributed by atoms with Crippen molar-refractivity contribution in [3.63, 3.8) is 0 Å². The van der Waals surface area contributed by atoms with Gasteiger partial charge in [0.25, 0.3) is 0 Å². The molecule has 0 saturated carbocycles. The molecule has 1 atom stereocenters. The summed E-state index contributed by atoms with van der Waals surface area (Å²) in [5.74, 6) is -0.995. The van der Waals surface area contributed by atoms with Crippen molar-refractivity contribution in [3.8, 4) is 0 Å². The van der Waals surface area contributed by atoms with E-state index in [1.54, 1.807) is 0 Å². The lowest BCUT2D eigenvalue weighted by molar-refractivity contribution is -0.166. The molecule has 0 heterocycles. The molecule has 1 unspecified atom stereocenters. The molecule has 0 amide bonds. The average Bonchev–Trinajstić information content (AvgIpc) is 3.41. The van der Waals surface area contributed by atoms with Gasteiger partial charge in [-0.1, -0.05) is 265 Å². The van der Waals surface area contributed by atoms with Crippen molar-refractivity contribution in [2.24, 2.45) is 0 Å². The van der Waals surface area contributed by atoms with Crippen molar-refractivity contribution < 1.29 is 28.6 Å². The van der Waals surface area contributed by atoms with E-state index in [9.17, 15) is 14.4 Å². The Labute approximate surface area is 463 Å². The highest BCUT2D eigenvalue weighted by Crippen LogP contribution is 2.15. The number of hydrogen-bond donors (Lipinski definition) is 0. The van der Waals surface area contributed by atoms with Crippen LogP contribution in [0.15, 0.2) is 109 Å². The summed E-state index contributed by atoms with van der Waals surface area (Å²) < 4.78 is 16.8. The van der Waals surface area contributed by atoms with Gasteiger partial charge in [0.1, 0.15) is 13.2 Å². The zero-order valence-electron chi connectivity index (χ0n) is 49.0. The smallest absolute Gasteiger partial charge is 0.306 e. The molecule has 0 bridgehead atoms. The normalized spacial score (nSPS) is 12.8. The van der Waals surface area contributed by atoms with Crippen molar-refractivity contribution in [1.29, 1.82) is 0 Å². The van der Waals surface area contributed by atoms with Crippen molar-refractivity contribution in [2.75, 3.05) is 13.2 Å². The van der Waals surface area contributed by atoms with Crippen LogP contribution in [0, 0.1) is 0 Å². The summed E-state index contributed by atoms with van der Waals surface area (Å²) >= 11 is 0. The van der Waals surface area contributed by atoms with Crippen LogP contribution in [0.5, 0.6) is 0 Å². The molecule has 0 aliphatic carbocycles. The molecule has 0 aromatic rings. The largest absolute Gasteiger partial charge is 0.462 e. The lowest BCUT2D eigenvalue weighted by atomic mass is 10.0. The molecule has 0 aliphatic heterocycles. The molecule has 0 spiro atoms. The van der Waals surface area contributed by atoms with Crippen LogP contribution in [0.2, 0.25) is 0 Å². The second-order valence-corrected chi connectivity index (χ2v) is 20.6. The van der Waals surface area contributed by atoms with Gasteiger partial charge in [-0.25, -0.2) is 0 Å². The number of allylic oxidation sites excluding steroid dienone is 18. The molecule has 6 heteroatoms. The van der Waals surface area contributed by atoms with Crippen LogP contribution < -0.4 is 0 Å². The van der Waals surface area contributed by atoms with Gasteiger partial charge in [0.15, 0.2) is 6.10 Å². The molecule has 0 aromatic carbocycles. The molecular formula is C69H116O6. The monoisotopic (exact) mass is 1040 g/mol. The Morgan fingerprint density at radius 1 is 0.280 bits per heavy atom. The number of ether oxygens (including phenoxy) is 3. The molecule has 0 rings (SSSR count). The van der Waals surface area contributed by atoms with Crippen LogP contribution in [0.25, 0.3) is 0 Å². The Balaban J connectivity index is 4.34. The van der Waals surface area contributed by atoms with Gasteiger partial charge in [0, 0.05) is 19.3 Å². The van der Waals surface area contributed by atoms with E-state index in [1.807, 2.05) is 6.08 Å². The minimum absolute atomic E-state index is 0.105. The van der Waals surface area contributed by atoms with Crippen LogP contribution in [-0.4, -0.2) is 37.2 Å². The predicted molar refractivity (Wildman–Crippen MR) is 325 cm³/mol. The van der Waals surface area contributed by atoms with Crippen LogP contribution in [0.4, 0.5) is 0 Å². The zero-order chi connectivity index (χ0) is 54.3. The summed E-state index contributed by atoms with van der Waals surface area (Å²) in [4.78, 5) is 38.2. The molecule has 75 heavy (non-hydrogen) atoms. The molecule has 0 aliphatic rings. The van der Waals surface area contributed by atoms with E-state index in [0.717, 1.165) is 89.9 Å². The van der Waals surface area contributed by atoms with E-state index >= 15 is 0 Å². The molecule has 0 N–H and O–H groups in total. The molecule has 428 valence electrons. The van der Waals surface area contributed by atoms with E-state index in [1.165, 1.54) is 154 Å². The Morgan fingerprint density at radius 2 is 0.547 bits per heavy atom. The van der Waals surface area contributed by atoms with E-state index in [-0.39, 0.29) is 37.5 Å². The fourth-order valence-electron chi connectivity index (χ4n) is 8.55. The van der Waals surface area contributed by atoms with Crippen molar-refractivity contribution >= 4 is 17.9 Å². The third-order valence-corrected chi connectivity index (χ3v) is 13.2. The number of rotatable bonds is 56. The van der Waals surface area contributed by atoms with E-state index in [0.29, 0.717) is 19.3 Å². The van der Waals surface area contributed by atoms with Gasteiger partial charge in [-0.2, -0.15) is 0 Å². The predicted octanol–water partition coefficient (Wildman–Crippen LogP) is 21.4. The summed E-state index contributed by atoms with van der Waals surface area (Å²) in [5.41, 5.74) is 0. The zero-order valence-corrected chi connectivity index (χ0v) is 49.0. The second-order valence-electron chi connectivity index (χ2n) is 20.6. The Bertz CT molecular complexity index is 1520. The average molecular weight is 1040 g/mol. The number of esters is 3. The summed E-state index contributed by atoms with van der Waals surface area (Å²) in [6.07, 6.45) is 85.4. The highest BCUT2D eigenvalue weighted by atomic mass is 16.6. The van der Waals surface area contributed by atoms with Gasteiger partial charge in [-0.3, -0.25) is 14.4 Å². The van der Waals surface area contributed by atoms with Crippen molar-refractivity contribution in [3.05, 3.63) is 109 Å². The van der Waals surface area contributed by atoms with Gasteiger partial charge in [0.2, 0.25) is 0 Å². The van der Waals surface area contributed by atoms with Gasteiger partial charge in [-0.05, 0) is 116 Å². The first kappa shape index (κ1) is 71.1. The highest BCUT2D eigenvalue weighted by molar-refractivity contribution is 5.71. The molecular weight excluding hydrogens is 925 g/mol. The van der Waals surface area contributed by atoms with Gasteiger partial charge < -0.3 is 14.2 Å². The first-order valence-corrected chi connectivity index (χ1v) is 31.4. The molecule has 0 fully saturated rings. The maximum absolute atomic E-state index is 12.9. The molecule has 0 aromatic heterocycles. The maximum atomic E-state index is 12.9. The Hall–Kier alpha value is -3.93. The van der Waals surface area contributed by atoms with Gasteiger partial charge in [0.05, 0.1) is 0 Å². The lowest BCUT2D eigenvalue weighted by Gasteiger charge is -2.18. The highest BCUT2D eigenvalue weighted by Gasteiger charge is 2.19. The van der Waals surface area contributed by atoms with E-state index in [2.05, 4.69) is 124 Å². The summed E-state index contributed by atoms with van der Waals surface area (Å²) in [7, 11) is 0. The Morgan fingerprint density at radius 3 is 0.920 bits per heavy atom. The van der Waals surface area contributed by atoms with E-state index in [4.69, 9.17) is 14.2 Å². The van der Waals surface area contributed by atoms with Gasteiger partial charge >= 0.3 is 17.9 Å². The lowest BCUT2D eigenvalue weighted by Crippen LogP contribution is -2.30. The number of carbonyl (C=O) groups excluding carboxylic acids is 3. The second kappa shape index (κ2) is 62.6. The van der Waals surface area contributed by atoms with Crippen LogP contribution in [-0.2, 0) is 28.6 Å². The van der Waals surface area contributed by atoms with Crippen molar-refractivity contribution in [2.45, 2.75) is 297 Å². The third-order valence-electron chi connectivity index (χ3n) is 13.2. The SMILES string of the molecule is CC/C=C\C/C=C\C/C=C\C/C=C\CCC(=O)OCC(COC(=O)CCCCCCCCCCCCCC/C=C\C/C=C\C/C=C\CCCCCCC)OC(=O)CCCCCCCCC/C=C\C/C=C\CCCCC. The van der Waals surface area contributed by atoms with Crippen LogP contribution >= 0.6 is 0 Å². The molecule has 6 nitrogen and oxygen atoms in total. The summed E-state index contributed by atoms with van der Waals surface area (Å²) in [6.45, 7) is 6.43. The third kappa shape index (κ3) is 60.8. The fourth-order valence-corrected chi connectivity index (χ4v) is 8.55.